The smallest absolute Gasteiger partial charge is 0.416 e. The lowest BCUT2D eigenvalue weighted by Crippen LogP contribution is -2.53. The first-order valence-electron chi connectivity index (χ1n) is 9.19. The van der Waals surface area contributed by atoms with Crippen LogP contribution in [0.1, 0.15) is 37.5 Å². The van der Waals surface area contributed by atoms with Crippen LogP contribution in [0, 0.1) is 5.92 Å². The molecule has 0 unspecified atom stereocenters. The third kappa shape index (κ3) is 7.55. The molecule has 12 heteroatoms. The van der Waals surface area contributed by atoms with Gasteiger partial charge in [-0.15, -0.1) is 0 Å². The monoisotopic (exact) mass is 448 g/mol. The van der Waals surface area contributed by atoms with Crippen molar-refractivity contribution in [1.29, 1.82) is 0 Å². The van der Waals surface area contributed by atoms with Gasteiger partial charge in [-0.2, -0.15) is 13.2 Å². The van der Waals surface area contributed by atoms with Crippen LogP contribution in [0.2, 0.25) is 0 Å². The van der Waals surface area contributed by atoms with E-state index < -0.39 is 60.0 Å². The van der Waals surface area contributed by atoms with E-state index in [1.165, 1.54) is 13.8 Å². The van der Waals surface area contributed by atoms with Gasteiger partial charge in [0.25, 0.3) is 5.91 Å². The Labute approximate surface area is 175 Å². The van der Waals surface area contributed by atoms with Crippen molar-refractivity contribution in [3.63, 3.8) is 0 Å². The highest BCUT2D eigenvalue weighted by molar-refractivity contribution is 5.94. The number of aliphatic hydroxyl groups excluding tert-OH is 1. The molecule has 0 aromatic heterocycles. The lowest BCUT2D eigenvalue weighted by atomic mass is 9.94. The molecule has 0 aliphatic rings. The Balaban J connectivity index is 3.06. The van der Waals surface area contributed by atoms with Gasteiger partial charge in [0.1, 0.15) is 6.04 Å². The molecule has 31 heavy (non-hydrogen) atoms. The highest BCUT2D eigenvalue weighted by Gasteiger charge is 2.38. The predicted molar refractivity (Wildman–Crippen MR) is 98.9 cm³/mol. The van der Waals surface area contributed by atoms with Crippen LogP contribution in [-0.4, -0.2) is 48.1 Å². The van der Waals surface area contributed by atoms with Crippen molar-refractivity contribution in [3.05, 3.63) is 35.4 Å². The number of halogens is 3. The molecule has 0 aliphatic heterocycles. The zero-order valence-electron chi connectivity index (χ0n) is 16.8. The first-order valence-corrected chi connectivity index (χ1v) is 9.19. The Morgan fingerprint density at radius 1 is 1.06 bits per heavy atom. The third-order valence-electron chi connectivity index (χ3n) is 4.09. The van der Waals surface area contributed by atoms with Crippen molar-refractivity contribution in [3.8, 4) is 0 Å². The molecule has 1 aromatic carbocycles. The zero-order chi connectivity index (χ0) is 23.8. The molecule has 4 N–H and O–H groups in total. The quantitative estimate of drug-likeness (QED) is 0.450. The second-order valence-electron chi connectivity index (χ2n) is 6.28. The van der Waals surface area contributed by atoms with Crippen molar-refractivity contribution in [2.45, 2.75) is 38.6 Å². The topological polar surface area (TPSA) is 145 Å². The van der Waals surface area contributed by atoms with E-state index in [1.54, 1.807) is 0 Å². The summed E-state index contributed by atoms with van der Waals surface area (Å²) in [6, 6.07) is 1.35. The second kappa shape index (κ2) is 11.3. The molecule has 1 aromatic rings. The van der Waals surface area contributed by atoms with E-state index in [0.29, 0.717) is 12.1 Å². The molecule has 0 fully saturated rings. The molecule has 0 aliphatic carbocycles. The van der Waals surface area contributed by atoms with Gasteiger partial charge in [-0.25, -0.2) is 0 Å². The zero-order valence-corrected chi connectivity index (χ0v) is 16.8. The number of amides is 2. The lowest BCUT2D eigenvalue weighted by Gasteiger charge is -2.24. The molecule has 1 rings (SSSR count). The van der Waals surface area contributed by atoms with Gasteiger partial charge < -0.3 is 25.6 Å². The molecule has 0 radical (unpaired) electrons. The molecular formula is C19H23F3N2O7. The van der Waals surface area contributed by atoms with Crippen LogP contribution in [0.4, 0.5) is 13.2 Å². The molecule has 0 spiro atoms. The Bertz CT molecular complexity index is 797. The summed E-state index contributed by atoms with van der Waals surface area (Å²) < 4.78 is 47.5. The highest BCUT2D eigenvalue weighted by atomic mass is 19.4. The van der Waals surface area contributed by atoms with Gasteiger partial charge >= 0.3 is 18.1 Å². The lowest BCUT2D eigenvalue weighted by molar-refractivity contribution is -0.157. The number of hydrogen-bond donors (Lipinski definition) is 3. The molecule has 0 saturated heterocycles. The molecule has 0 bridgehead atoms. The van der Waals surface area contributed by atoms with Crippen molar-refractivity contribution < 1.29 is 46.9 Å². The number of hydrogen-bond acceptors (Lipinski definition) is 7. The number of carbonyl (C=O) groups excluding carboxylic acids is 4. The van der Waals surface area contributed by atoms with Crippen molar-refractivity contribution in [2.24, 2.45) is 11.7 Å². The van der Waals surface area contributed by atoms with Crippen LogP contribution >= 0.6 is 0 Å². The second-order valence-corrected chi connectivity index (χ2v) is 6.28. The van der Waals surface area contributed by atoms with E-state index in [0.717, 1.165) is 12.1 Å². The molecule has 0 heterocycles. The first-order chi connectivity index (χ1) is 14.4. The molecule has 2 amide bonds. The van der Waals surface area contributed by atoms with E-state index in [2.05, 4.69) is 5.32 Å². The van der Waals surface area contributed by atoms with Crippen LogP contribution < -0.4 is 11.1 Å². The van der Waals surface area contributed by atoms with Crippen molar-refractivity contribution in [2.75, 3.05) is 13.2 Å². The summed E-state index contributed by atoms with van der Waals surface area (Å²) >= 11 is 0. The minimum Gasteiger partial charge on any atom is -0.466 e. The highest BCUT2D eigenvalue weighted by Crippen LogP contribution is 2.30. The largest absolute Gasteiger partial charge is 0.466 e. The minimum atomic E-state index is -4.61. The normalized spacial score (nSPS) is 14.1. The predicted octanol–water partition coefficient (Wildman–Crippen LogP) is 0.841. The van der Waals surface area contributed by atoms with Crippen LogP contribution in [0.5, 0.6) is 0 Å². The number of benzene rings is 1. The molecule has 3 atom stereocenters. The third-order valence-corrected chi connectivity index (χ3v) is 4.09. The van der Waals surface area contributed by atoms with Gasteiger partial charge in [0.05, 0.1) is 31.1 Å². The Morgan fingerprint density at radius 2 is 1.61 bits per heavy atom. The van der Waals surface area contributed by atoms with E-state index in [4.69, 9.17) is 15.2 Å². The Morgan fingerprint density at radius 3 is 2.06 bits per heavy atom. The Kier molecular flexibility index (Phi) is 9.43. The number of esters is 2. The summed E-state index contributed by atoms with van der Waals surface area (Å²) in [5, 5.41) is 12.2. The number of aliphatic hydroxyl groups is 1. The number of ether oxygens (including phenoxy) is 2. The maximum absolute atomic E-state index is 12.7. The SMILES string of the molecule is CCOC(=O)C[C@H](C(=O)OCC)[C@H](NC(=O)[C@@H](O)c1ccc(C(F)(F)F)cc1)C(N)=O. The average molecular weight is 448 g/mol. The standard InChI is InChI=1S/C19H23F3N2O7/c1-3-30-13(25)9-12(18(29)31-4-2)14(16(23)27)24-17(28)15(26)10-5-7-11(8-6-10)19(20,21)22/h5-8,12,14-15,26H,3-4,9H2,1-2H3,(H2,23,27)(H,24,28)/t12-,14-,15-/m0/s1. The summed E-state index contributed by atoms with van der Waals surface area (Å²) in [6.07, 6.45) is -7.23. The number of alkyl halides is 3. The maximum Gasteiger partial charge on any atom is 0.416 e. The number of primary amides is 1. The minimum absolute atomic E-state index is 0.00535. The first kappa shape index (κ1) is 25.9. The number of nitrogens with one attached hydrogen (secondary N) is 1. The fraction of sp³-hybridized carbons (Fsp3) is 0.474. The van der Waals surface area contributed by atoms with Gasteiger partial charge in [-0.05, 0) is 31.5 Å². The average Bonchev–Trinajstić information content (AvgIpc) is 2.69. The maximum atomic E-state index is 12.7. The van der Waals surface area contributed by atoms with Crippen molar-refractivity contribution in [1.82, 2.24) is 5.32 Å². The van der Waals surface area contributed by atoms with Crippen LogP contribution in [0.3, 0.4) is 0 Å². The van der Waals surface area contributed by atoms with Gasteiger partial charge in [0, 0.05) is 0 Å². The van der Waals surface area contributed by atoms with Crippen LogP contribution in [0.15, 0.2) is 24.3 Å². The summed E-state index contributed by atoms with van der Waals surface area (Å²) in [6.45, 7) is 2.90. The molecule has 9 nitrogen and oxygen atoms in total. The Hall–Kier alpha value is -3.15. The molecular weight excluding hydrogens is 425 g/mol. The summed E-state index contributed by atoms with van der Waals surface area (Å²) in [4.78, 5) is 48.3. The molecule has 172 valence electrons. The van der Waals surface area contributed by atoms with E-state index in [-0.39, 0.29) is 18.8 Å². The van der Waals surface area contributed by atoms with Crippen LogP contribution in [-0.2, 0) is 34.8 Å². The van der Waals surface area contributed by atoms with Gasteiger partial charge in [-0.3, -0.25) is 19.2 Å². The van der Waals surface area contributed by atoms with Crippen molar-refractivity contribution >= 4 is 23.8 Å². The van der Waals surface area contributed by atoms with Gasteiger partial charge in [0.2, 0.25) is 5.91 Å². The number of nitrogens with two attached hydrogens (primary N) is 1. The summed E-state index contributed by atoms with van der Waals surface area (Å²) in [5.74, 6) is -5.83. The van der Waals surface area contributed by atoms with Gasteiger partial charge in [0.15, 0.2) is 6.10 Å². The van der Waals surface area contributed by atoms with Gasteiger partial charge in [-0.1, -0.05) is 12.1 Å². The summed E-state index contributed by atoms with van der Waals surface area (Å²) in [5.41, 5.74) is 4.06. The van der Waals surface area contributed by atoms with E-state index >= 15 is 0 Å². The molecule has 0 saturated carbocycles. The fourth-order valence-electron chi connectivity index (χ4n) is 2.59. The van der Waals surface area contributed by atoms with E-state index in [1.807, 2.05) is 0 Å². The number of rotatable bonds is 10. The van der Waals surface area contributed by atoms with Crippen LogP contribution in [0.25, 0.3) is 0 Å². The van der Waals surface area contributed by atoms with E-state index in [9.17, 15) is 37.5 Å². The number of carbonyl (C=O) groups is 4. The summed E-state index contributed by atoms with van der Waals surface area (Å²) in [7, 11) is 0. The fourth-order valence-corrected chi connectivity index (χ4v) is 2.59.